The van der Waals surface area contributed by atoms with Gasteiger partial charge in [-0.15, -0.1) is 0 Å². The summed E-state index contributed by atoms with van der Waals surface area (Å²) in [6.45, 7) is 0. The lowest BCUT2D eigenvalue weighted by Crippen LogP contribution is -1.95. The van der Waals surface area contributed by atoms with Crippen LogP contribution in [0, 0.1) is 27.3 Å². The van der Waals surface area contributed by atoms with Gasteiger partial charge < -0.3 is 4.74 Å². The van der Waals surface area contributed by atoms with Crippen molar-refractivity contribution in [3.8, 4) is 17.6 Å². The van der Waals surface area contributed by atoms with Gasteiger partial charge in [-0.2, -0.15) is 5.26 Å². The van der Waals surface area contributed by atoms with Crippen LogP contribution in [-0.2, 0) is 0 Å². The van der Waals surface area contributed by atoms with Crippen LogP contribution in [0.25, 0.3) is 0 Å². The van der Waals surface area contributed by atoms with E-state index in [4.69, 9.17) is 10.00 Å². The molecule has 0 radical (unpaired) electrons. The van der Waals surface area contributed by atoms with Crippen molar-refractivity contribution < 1.29 is 14.1 Å². The van der Waals surface area contributed by atoms with Gasteiger partial charge in [0.1, 0.15) is 17.6 Å². The molecule has 2 rings (SSSR count). The van der Waals surface area contributed by atoms with Gasteiger partial charge in [0.25, 0.3) is 0 Å². The molecular weight excluding hydrogens is 331 g/mol. The van der Waals surface area contributed by atoms with Crippen molar-refractivity contribution in [3.05, 3.63) is 62.4 Å². The average molecular weight is 337 g/mol. The minimum Gasteiger partial charge on any atom is -0.449 e. The highest BCUT2D eigenvalue weighted by atomic mass is 79.9. The van der Waals surface area contributed by atoms with E-state index in [9.17, 15) is 14.5 Å². The third kappa shape index (κ3) is 2.92. The molecule has 0 heterocycles. The predicted octanol–water partition coefficient (Wildman–Crippen LogP) is 4.16. The van der Waals surface area contributed by atoms with E-state index in [-0.39, 0.29) is 17.1 Å². The zero-order valence-corrected chi connectivity index (χ0v) is 11.4. The fourth-order valence-electron chi connectivity index (χ4n) is 1.51. The van der Waals surface area contributed by atoms with Gasteiger partial charge >= 0.3 is 5.69 Å². The Hall–Kier alpha value is -2.46. The highest BCUT2D eigenvalue weighted by Gasteiger charge is 2.18. The summed E-state index contributed by atoms with van der Waals surface area (Å²) < 4.78 is 19.1. The third-order valence-corrected chi connectivity index (χ3v) is 2.89. The number of benzene rings is 2. The molecule has 0 saturated heterocycles. The number of rotatable bonds is 3. The maximum absolute atomic E-state index is 13.0. The van der Waals surface area contributed by atoms with Gasteiger partial charge in [-0.3, -0.25) is 10.1 Å². The maximum atomic E-state index is 13.0. The van der Waals surface area contributed by atoms with Crippen molar-refractivity contribution in [3.63, 3.8) is 0 Å². The Balaban J connectivity index is 2.48. The van der Waals surface area contributed by atoms with Gasteiger partial charge in [-0.05, 0) is 30.3 Å². The SMILES string of the molecule is N#Cc1ccc(Br)cc1Oc1ccc(F)cc1[N+](=O)[O-]. The lowest BCUT2D eigenvalue weighted by atomic mass is 10.2. The Labute approximate surface area is 121 Å². The highest BCUT2D eigenvalue weighted by molar-refractivity contribution is 9.10. The van der Waals surface area contributed by atoms with Gasteiger partial charge in [0.05, 0.1) is 16.6 Å². The summed E-state index contributed by atoms with van der Waals surface area (Å²) in [5, 5.41) is 19.8. The topological polar surface area (TPSA) is 76.2 Å². The maximum Gasteiger partial charge on any atom is 0.314 e. The molecule has 0 saturated carbocycles. The van der Waals surface area contributed by atoms with Crippen LogP contribution in [0.3, 0.4) is 0 Å². The van der Waals surface area contributed by atoms with Crippen molar-refractivity contribution >= 4 is 21.6 Å². The van der Waals surface area contributed by atoms with Crippen LogP contribution < -0.4 is 4.74 Å². The molecule has 0 bridgehead atoms. The monoisotopic (exact) mass is 336 g/mol. The Morgan fingerprint density at radius 3 is 2.65 bits per heavy atom. The largest absolute Gasteiger partial charge is 0.449 e. The second-order valence-electron chi connectivity index (χ2n) is 3.72. The molecule has 0 fully saturated rings. The number of nitro benzene ring substituents is 1. The van der Waals surface area contributed by atoms with Crippen LogP contribution in [0.1, 0.15) is 5.56 Å². The van der Waals surface area contributed by atoms with E-state index in [1.165, 1.54) is 12.1 Å². The molecule has 0 aromatic heterocycles. The number of ether oxygens (including phenoxy) is 1. The van der Waals surface area contributed by atoms with Crippen LogP contribution >= 0.6 is 15.9 Å². The summed E-state index contributed by atoms with van der Waals surface area (Å²) in [6, 6.07) is 9.53. The van der Waals surface area contributed by atoms with Crippen molar-refractivity contribution in [2.75, 3.05) is 0 Å². The minimum atomic E-state index is -0.748. The van der Waals surface area contributed by atoms with E-state index in [0.717, 1.165) is 18.2 Å². The van der Waals surface area contributed by atoms with Gasteiger partial charge in [0, 0.05) is 4.47 Å². The van der Waals surface area contributed by atoms with E-state index < -0.39 is 16.4 Å². The molecule has 0 aliphatic carbocycles. The zero-order chi connectivity index (χ0) is 14.7. The lowest BCUT2D eigenvalue weighted by molar-refractivity contribution is -0.385. The van der Waals surface area contributed by atoms with Crippen LogP contribution in [0.4, 0.5) is 10.1 Å². The molecule has 0 aliphatic rings. The fraction of sp³-hybridized carbons (Fsp3) is 0. The number of nitrogens with zero attached hydrogens (tertiary/aromatic N) is 2. The molecule has 100 valence electrons. The molecular formula is C13H6BrFN2O3. The highest BCUT2D eigenvalue weighted by Crippen LogP contribution is 2.34. The Morgan fingerprint density at radius 1 is 1.25 bits per heavy atom. The molecule has 0 N–H and O–H groups in total. The molecule has 0 amide bonds. The fourth-order valence-corrected chi connectivity index (χ4v) is 1.85. The summed E-state index contributed by atoms with van der Waals surface area (Å²) in [4.78, 5) is 10.1. The van der Waals surface area contributed by atoms with Crippen LogP contribution in [0.2, 0.25) is 0 Å². The molecule has 0 unspecified atom stereocenters. The second-order valence-corrected chi connectivity index (χ2v) is 4.64. The number of nitriles is 1. The van der Waals surface area contributed by atoms with Crippen molar-refractivity contribution in [2.24, 2.45) is 0 Å². The van der Waals surface area contributed by atoms with Gasteiger partial charge in [0.2, 0.25) is 5.75 Å². The predicted molar refractivity (Wildman–Crippen MR) is 72.0 cm³/mol. The van der Waals surface area contributed by atoms with E-state index in [1.807, 2.05) is 6.07 Å². The molecule has 0 atom stereocenters. The summed E-state index contributed by atoms with van der Waals surface area (Å²) in [5.74, 6) is -0.721. The molecule has 7 heteroatoms. The van der Waals surface area contributed by atoms with Gasteiger partial charge in [-0.25, -0.2) is 4.39 Å². The van der Waals surface area contributed by atoms with E-state index in [0.29, 0.717) is 4.47 Å². The smallest absolute Gasteiger partial charge is 0.314 e. The molecule has 0 aliphatic heterocycles. The Kier molecular flexibility index (Phi) is 3.96. The van der Waals surface area contributed by atoms with Crippen LogP contribution in [-0.4, -0.2) is 4.92 Å². The first-order valence-corrected chi connectivity index (χ1v) is 6.12. The molecule has 0 spiro atoms. The van der Waals surface area contributed by atoms with Crippen molar-refractivity contribution in [2.45, 2.75) is 0 Å². The molecule has 2 aromatic rings. The van der Waals surface area contributed by atoms with Crippen LogP contribution in [0.5, 0.6) is 11.5 Å². The van der Waals surface area contributed by atoms with E-state index in [1.54, 1.807) is 6.07 Å². The van der Waals surface area contributed by atoms with Gasteiger partial charge in [-0.1, -0.05) is 15.9 Å². The van der Waals surface area contributed by atoms with Crippen LogP contribution in [0.15, 0.2) is 40.9 Å². The first kappa shape index (κ1) is 14.0. The normalized spacial score (nSPS) is 9.85. The quantitative estimate of drug-likeness (QED) is 0.622. The summed E-state index contributed by atoms with van der Waals surface area (Å²) in [6.07, 6.45) is 0. The third-order valence-electron chi connectivity index (χ3n) is 2.40. The molecule has 5 nitrogen and oxygen atoms in total. The van der Waals surface area contributed by atoms with Crippen molar-refractivity contribution in [1.29, 1.82) is 5.26 Å². The van der Waals surface area contributed by atoms with Gasteiger partial charge in [0.15, 0.2) is 0 Å². The number of halogens is 2. The zero-order valence-electron chi connectivity index (χ0n) is 9.84. The number of nitro groups is 1. The number of hydrogen-bond donors (Lipinski definition) is 0. The summed E-state index contributed by atoms with van der Waals surface area (Å²) in [5.41, 5.74) is -0.291. The lowest BCUT2D eigenvalue weighted by Gasteiger charge is -2.08. The molecule has 20 heavy (non-hydrogen) atoms. The Bertz CT molecular complexity index is 728. The van der Waals surface area contributed by atoms with Crippen molar-refractivity contribution in [1.82, 2.24) is 0 Å². The minimum absolute atomic E-state index is 0.133. The Morgan fingerprint density at radius 2 is 2.00 bits per heavy atom. The number of hydrogen-bond acceptors (Lipinski definition) is 4. The summed E-state index contributed by atoms with van der Waals surface area (Å²) in [7, 11) is 0. The molecule has 2 aromatic carbocycles. The standard InChI is InChI=1S/C13H6BrFN2O3/c14-9-2-1-8(7-16)13(5-9)20-12-4-3-10(15)6-11(12)17(18)19/h1-6H. The second kappa shape index (κ2) is 5.67. The average Bonchev–Trinajstić information content (AvgIpc) is 2.41. The first-order valence-electron chi connectivity index (χ1n) is 5.32. The van der Waals surface area contributed by atoms with E-state index in [2.05, 4.69) is 15.9 Å². The van der Waals surface area contributed by atoms with E-state index >= 15 is 0 Å². The first-order chi connectivity index (χ1) is 9.51. The summed E-state index contributed by atoms with van der Waals surface area (Å²) >= 11 is 3.21.